The summed E-state index contributed by atoms with van der Waals surface area (Å²) < 4.78 is 24.3. The van der Waals surface area contributed by atoms with Crippen LogP contribution >= 0.6 is 24.0 Å². The molecule has 0 aliphatic carbocycles. The Kier molecular flexibility index (Phi) is 9.74. The lowest BCUT2D eigenvalue weighted by Gasteiger charge is -2.22. The Morgan fingerprint density at radius 1 is 1.45 bits per heavy atom. The monoisotopic (exact) mass is 442 g/mol. The number of nitrogens with one attached hydrogen (secondary N) is 1. The van der Waals surface area contributed by atoms with Gasteiger partial charge in [-0.05, 0) is 25.5 Å². The van der Waals surface area contributed by atoms with Crippen molar-refractivity contribution < 1.29 is 8.42 Å². The number of guanidine groups is 1. The Labute approximate surface area is 150 Å². The van der Waals surface area contributed by atoms with E-state index in [-0.39, 0.29) is 29.7 Å². The van der Waals surface area contributed by atoms with Crippen molar-refractivity contribution in [3.8, 4) is 0 Å². The summed E-state index contributed by atoms with van der Waals surface area (Å²) in [5.41, 5.74) is 1.19. The summed E-state index contributed by atoms with van der Waals surface area (Å²) in [6.07, 6.45) is 3.81. The first-order valence-corrected chi connectivity index (χ1v) is 9.17. The Hall–Kier alpha value is -0.770. The zero-order valence-electron chi connectivity index (χ0n) is 13.7. The average molecular weight is 442 g/mol. The van der Waals surface area contributed by atoms with Gasteiger partial charge in [-0.2, -0.15) is 0 Å². The summed E-state index contributed by atoms with van der Waals surface area (Å²) in [4.78, 5) is 6.53. The van der Waals surface area contributed by atoms with E-state index in [1.54, 1.807) is 0 Å². The average Bonchev–Trinajstić information content (AvgIpc) is 2.77. The van der Waals surface area contributed by atoms with Gasteiger partial charge in [0.1, 0.15) is 9.84 Å². The van der Waals surface area contributed by atoms with Gasteiger partial charge in [0.15, 0.2) is 5.96 Å². The van der Waals surface area contributed by atoms with E-state index in [4.69, 9.17) is 0 Å². The Bertz CT molecular complexity index is 569. The Morgan fingerprint density at radius 2 is 2.14 bits per heavy atom. The molecule has 1 aromatic rings. The van der Waals surface area contributed by atoms with E-state index in [0.29, 0.717) is 13.0 Å². The van der Waals surface area contributed by atoms with E-state index in [1.807, 2.05) is 38.2 Å². The van der Waals surface area contributed by atoms with Crippen LogP contribution in [0.5, 0.6) is 0 Å². The van der Waals surface area contributed by atoms with Crippen molar-refractivity contribution in [1.82, 2.24) is 14.8 Å². The number of aliphatic imine (C=N–C) groups is 1. The van der Waals surface area contributed by atoms with Gasteiger partial charge in [-0.25, -0.2) is 8.42 Å². The van der Waals surface area contributed by atoms with Crippen LogP contribution in [0.4, 0.5) is 0 Å². The summed E-state index contributed by atoms with van der Waals surface area (Å²) >= 11 is 0. The number of hydrogen-bond donors (Lipinski definition) is 1. The summed E-state index contributed by atoms with van der Waals surface area (Å²) in [6.45, 7) is 4.05. The zero-order chi connectivity index (χ0) is 15.9. The molecular formula is C14H27IN4O2S. The lowest BCUT2D eigenvalue weighted by atomic mass is 10.4. The molecule has 0 amide bonds. The SMILES string of the molecule is CCNC(=NCCCS(C)(=O)=O)N(C)Cc1cccn1C.I. The van der Waals surface area contributed by atoms with Gasteiger partial charge in [0.25, 0.3) is 0 Å². The van der Waals surface area contributed by atoms with E-state index in [9.17, 15) is 8.42 Å². The van der Waals surface area contributed by atoms with Gasteiger partial charge in [-0.3, -0.25) is 4.99 Å². The molecule has 6 nitrogen and oxygen atoms in total. The molecule has 1 aromatic heterocycles. The fourth-order valence-corrected chi connectivity index (χ4v) is 2.61. The molecule has 0 aromatic carbocycles. The molecule has 22 heavy (non-hydrogen) atoms. The van der Waals surface area contributed by atoms with Crippen molar-refractivity contribution in [1.29, 1.82) is 0 Å². The van der Waals surface area contributed by atoms with Crippen molar-refractivity contribution in [2.24, 2.45) is 12.0 Å². The summed E-state index contributed by atoms with van der Waals surface area (Å²) in [7, 11) is 1.08. The van der Waals surface area contributed by atoms with Crippen molar-refractivity contribution in [2.75, 3.05) is 32.1 Å². The third-order valence-electron chi connectivity index (χ3n) is 3.08. The number of rotatable bonds is 7. The largest absolute Gasteiger partial charge is 0.357 e. The molecule has 0 saturated heterocycles. The highest BCUT2D eigenvalue weighted by Crippen LogP contribution is 2.04. The summed E-state index contributed by atoms with van der Waals surface area (Å²) in [6, 6.07) is 4.09. The van der Waals surface area contributed by atoms with Crippen LogP contribution in [0.15, 0.2) is 23.3 Å². The minimum Gasteiger partial charge on any atom is -0.357 e. The number of halogens is 1. The van der Waals surface area contributed by atoms with Crippen LogP contribution in [-0.4, -0.2) is 56.0 Å². The van der Waals surface area contributed by atoms with Crippen LogP contribution in [-0.2, 0) is 23.4 Å². The molecule has 0 saturated carbocycles. The predicted molar refractivity (Wildman–Crippen MR) is 103 cm³/mol. The molecule has 0 bridgehead atoms. The van der Waals surface area contributed by atoms with Crippen LogP contribution in [0.2, 0.25) is 0 Å². The highest BCUT2D eigenvalue weighted by molar-refractivity contribution is 14.0. The highest BCUT2D eigenvalue weighted by atomic mass is 127. The third kappa shape index (κ3) is 8.02. The normalized spacial score (nSPS) is 11.9. The van der Waals surface area contributed by atoms with E-state index < -0.39 is 9.84 Å². The highest BCUT2D eigenvalue weighted by Gasteiger charge is 2.08. The Morgan fingerprint density at radius 3 is 2.64 bits per heavy atom. The number of nitrogens with zero attached hydrogens (tertiary/aromatic N) is 3. The minimum atomic E-state index is -2.91. The first-order chi connectivity index (χ1) is 9.83. The van der Waals surface area contributed by atoms with E-state index in [0.717, 1.165) is 19.0 Å². The molecule has 0 spiro atoms. The maximum atomic E-state index is 11.1. The second kappa shape index (κ2) is 10.1. The maximum Gasteiger partial charge on any atom is 0.194 e. The van der Waals surface area contributed by atoms with Crippen molar-refractivity contribution in [2.45, 2.75) is 19.9 Å². The van der Waals surface area contributed by atoms with Gasteiger partial charge in [-0.1, -0.05) is 0 Å². The van der Waals surface area contributed by atoms with Gasteiger partial charge in [-0.15, -0.1) is 24.0 Å². The molecule has 0 radical (unpaired) electrons. The molecule has 128 valence electrons. The number of aromatic nitrogens is 1. The second-order valence-corrected chi connectivity index (χ2v) is 7.45. The van der Waals surface area contributed by atoms with E-state index in [2.05, 4.69) is 20.9 Å². The minimum absolute atomic E-state index is 0. The fraction of sp³-hybridized carbons (Fsp3) is 0.643. The molecule has 1 heterocycles. The lowest BCUT2D eigenvalue weighted by Crippen LogP contribution is -2.39. The van der Waals surface area contributed by atoms with E-state index in [1.165, 1.54) is 11.9 Å². The topological polar surface area (TPSA) is 66.7 Å². The zero-order valence-corrected chi connectivity index (χ0v) is 16.9. The number of hydrogen-bond acceptors (Lipinski definition) is 3. The van der Waals surface area contributed by atoms with Crippen LogP contribution in [0.3, 0.4) is 0 Å². The third-order valence-corrected chi connectivity index (χ3v) is 4.11. The molecular weight excluding hydrogens is 415 g/mol. The lowest BCUT2D eigenvalue weighted by molar-refractivity contribution is 0.462. The summed E-state index contributed by atoms with van der Waals surface area (Å²) in [5, 5.41) is 3.23. The fourth-order valence-electron chi connectivity index (χ4n) is 1.96. The molecule has 0 atom stereocenters. The van der Waals surface area contributed by atoms with E-state index >= 15 is 0 Å². The van der Waals surface area contributed by atoms with Crippen molar-refractivity contribution in [3.63, 3.8) is 0 Å². The molecule has 0 aliphatic rings. The van der Waals surface area contributed by atoms with Gasteiger partial charge in [0, 0.05) is 45.3 Å². The number of aryl methyl sites for hydroxylation is 1. The van der Waals surface area contributed by atoms with Gasteiger partial charge in [0.05, 0.1) is 12.3 Å². The Balaban J connectivity index is 0.00000441. The predicted octanol–water partition coefficient (Wildman–Crippen LogP) is 1.48. The quantitative estimate of drug-likeness (QED) is 0.301. The summed E-state index contributed by atoms with van der Waals surface area (Å²) in [5.74, 6) is 0.976. The molecule has 0 aliphatic heterocycles. The second-order valence-electron chi connectivity index (χ2n) is 5.19. The first-order valence-electron chi connectivity index (χ1n) is 7.11. The maximum absolute atomic E-state index is 11.1. The van der Waals surface area contributed by atoms with Gasteiger partial charge >= 0.3 is 0 Å². The first kappa shape index (κ1) is 21.2. The van der Waals surface area contributed by atoms with Gasteiger partial charge in [0.2, 0.25) is 0 Å². The smallest absolute Gasteiger partial charge is 0.194 e. The van der Waals surface area contributed by atoms with Crippen molar-refractivity contribution >= 4 is 39.8 Å². The molecule has 8 heteroatoms. The molecule has 0 unspecified atom stereocenters. The standard InChI is InChI=1S/C14H26N4O2S.HI/c1-5-15-14(16-9-7-11-21(4,19)20)18(3)12-13-8-6-10-17(13)2;/h6,8,10H,5,7,9,11-12H2,1-4H3,(H,15,16);1H. The molecule has 1 rings (SSSR count). The van der Waals surface area contributed by atoms with Gasteiger partial charge < -0.3 is 14.8 Å². The molecule has 1 N–H and O–H groups in total. The van der Waals surface area contributed by atoms with Crippen molar-refractivity contribution in [3.05, 3.63) is 24.0 Å². The van der Waals surface area contributed by atoms with Crippen LogP contribution < -0.4 is 5.32 Å². The van der Waals surface area contributed by atoms with Crippen LogP contribution in [0, 0.1) is 0 Å². The number of sulfone groups is 1. The van der Waals surface area contributed by atoms with Crippen LogP contribution in [0.1, 0.15) is 19.0 Å². The molecule has 0 fully saturated rings. The van der Waals surface area contributed by atoms with Crippen LogP contribution in [0.25, 0.3) is 0 Å².